The van der Waals surface area contributed by atoms with E-state index in [4.69, 9.17) is 5.73 Å². The van der Waals surface area contributed by atoms with Gasteiger partial charge in [-0.1, -0.05) is 0 Å². The summed E-state index contributed by atoms with van der Waals surface area (Å²) in [6.07, 6.45) is 5.72. The zero-order valence-corrected chi connectivity index (χ0v) is 9.00. The van der Waals surface area contributed by atoms with Gasteiger partial charge in [0.25, 0.3) is 0 Å². The van der Waals surface area contributed by atoms with Crippen LogP contribution in [-0.2, 0) is 5.54 Å². The summed E-state index contributed by atoms with van der Waals surface area (Å²) < 4.78 is 0. The molecule has 0 saturated heterocycles. The van der Waals surface area contributed by atoms with Gasteiger partial charge in [0.05, 0.1) is 11.2 Å². The first kappa shape index (κ1) is 9.00. The van der Waals surface area contributed by atoms with Crippen LogP contribution >= 0.6 is 11.3 Å². The quantitative estimate of drug-likeness (QED) is 0.838. The van der Waals surface area contributed by atoms with Crippen molar-refractivity contribution in [3.63, 3.8) is 0 Å². The van der Waals surface area contributed by atoms with Gasteiger partial charge in [0, 0.05) is 23.3 Å². The van der Waals surface area contributed by atoms with Crippen molar-refractivity contribution >= 4 is 11.3 Å². The molecule has 0 bridgehead atoms. The van der Waals surface area contributed by atoms with Gasteiger partial charge in [0.2, 0.25) is 0 Å². The van der Waals surface area contributed by atoms with Gasteiger partial charge in [-0.2, -0.15) is 0 Å². The van der Waals surface area contributed by atoms with E-state index in [9.17, 15) is 0 Å². The highest BCUT2D eigenvalue weighted by molar-refractivity contribution is 7.13. The van der Waals surface area contributed by atoms with Crippen LogP contribution in [0.4, 0.5) is 0 Å². The first-order valence-electron chi connectivity index (χ1n) is 4.93. The van der Waals surface area contributed by atoms with Gasteiger partial charge in [0.15, 0.2) is 0 Å². The molecule has 2 N–H and O–H groups in total. The fraction of sp³-hybridized carbons (Fsp3) is 0.273. The predicted octanol–water partition coefficient (Wildman–Crippen LogP) is 2.15. The molecule has 3 rings (SSSR count). The van der Waals surface area contributed by atoms with Gasteiger partial charge in [-0.05, 0) is 25.0 Å². The molecule has 4 heteroatoms. The lowest BCUT2D eigenvalue weighted by atomic mass is 10.2. The van der Waals surface area contributed by atoms with Crippen LogP contribution in [0.5, 0.6) is 0 Å². The molecule has 1 fully saturated rings. The van der Waals surface area contributed by atoms with E-state index >= 15 is 0 Å². The monoisotopic (exact) mass is 217 g/mol. The number of hydrogen-bond donors (Lipinski definition) is 1. The lowest BCUT2D eigenvalue weighted by Gasteiger charge is -2.01. The van der Waals surface area contributed by atoms with Crippen molar-refractivity contribution in [3.8, 4) is 10.6 Å². The molecule has 0 atom stereocenters. The van der Waals surface area contributed by atoms with Crippen molar-refractivity contribution < 1.29 is 0 Å². The summed E-state index contributed by atoms with van der Waals surface area (Å²) in [6.45, 7) is 0. The highest BCUT2D eigenvalue weighted by Crippen LogP contribution is 2.43. The van der Waals surface area contributed by atoms with E-state index in [0.717, 1.165) is 29.1 Å². The van der Waals surface area contributed by atoms with Crippen LogP contribution in [0.25, 0.3) is 10.6 Å². The lowest BCUT2D eigenvalue weighted by molar-refractivity contribution is 0.715. The fourth-order valence-electron chi connectivity index (χ4n) is 1.52. The van der Waals surface area contributed by atoms with Gasteiger partial charge >= 0.3 is 0 Å². The second-order valence-electron chi connectivity index (χ2n) is 3.94. The van der Waals surface area contributed by atoms with Crippen molar-refractivity contribution in [2.24, 2.45) is 5.73 Å². The van der Waals surface area contributed by atoms with E-state index < -0.39 is 0 Å². The average molecular weight is 217 g/mol. The van der Waals surface area contributed by atoms with Crippen LogP contribution in [0.15, 0.2) is 29.9 Å². The van der Waals surface area contributed by atoms with Gasteiger partial charge < -0.3 is 5.73 Å². The van der Waals surface area contributed by atoms with E-state index in [-0.39, 0.29) is 5.54 Å². The SMILES string of the molecule is NC1(c2csc(-c3cccnc3)n2)CC1. The maximum Gasteiger partial charge on any atom is 0.125 e. The standard InChI is InChI=1S/C11H11N3S/c12-11(3-4-11)9-7-15-10(14-9)8-2-1-5-13-6-8/h1-2,5-7H,3-4,12H2. The van der Waals surface area contributed by atoms with Crippen LogP contribution in [0.2, 0.25) is 0 Å². The molecule has 76 valence electrons. The number of hydrogen-bond acceptors (Lipinski definition) is 4. The molecule has 1 aliphatic carbocycles. The Bertz CT molecular complexity index is 474. The van der Waals surface area contributed by atoms with E-state index in [1.165, 1.54) is 0 Å². The normalized spacial score (nSPS) is 17.7. The molecule has 0 amide bonds. The molecule has 1 saturated carbocycles. The third kappa shape index (κ3) is 1.56. The maximum atomic E-state index is 6.09. The molecule has 0 unspecified atom stereocenters. The molecule has 0 aromatic carbocycles. The predicted molar refractivity (Wildman–Crippen MR) is 60.4 cm³/mol. The summed E-state index contributed by atoms with van der Waals surface area (Å²) >= 11 is 1.64. The Morgan fingerprint density at radius 2 is 2.27 bits per heavy atom. The highest BCUT2D eigenvalue weighted by Gasteiger charge is 2.42. The van der Waals surface area contributed by atoms with E-state index in [0.29, 0.717) is 0 Å². The first-order valence-corrected chi connectivity index (χ1v) is 5.81. The third-order valence-electron chi connectivity index (χ3n) is 2.71. The third-order valence-corrected chi connectivity index (χ3v) is 3.60. The van der Waals surface area contributed by atoms with Crippen LogP contribution in [0.3, 0.4) is 0 Å². The zero-order chi connectivity index (χ0) is 10.3. The minimum absolute atomic E-state index is 0.128. The molecule has 0 radical (unpaired) electrons. The molecular weight excluding hydrogens is 206 g/mol. The number of rotatable bonds is 2. The van der Waals surface area contributed by atoms with Crippen LogP contribution in [0.1, 0.15) is 18.5 Å². The molecular formula is C11H11N3S. The average Bonchev–Trinajstić information content (AvgIpc) is 2.85. The largest absolute Gasteiger partial charge is 0.320 e. The summed E-state index contributed by atoms with van der Waals surface area (Å²) in [5, 5.41) is 3.07. The summed E-state index contributed by atoms with van der Waals surface area (Å²) in [5.41, 5.74) is 8.06. The minimum Gasteiger partial charge on any atom is -0.320 e. The van der Waals surface area contributed by atoms with Crippen molar-refractivity contribution in [1.82, 2.24) is 9.97 Å². The van der Waals surface area contributed by atoms with Gasteiger partial charge in [-0.25, -0.2) is 4.98 Å². The van der Waals surface area contributed by atoms with Crippen LogP contribution < -0.4 is 5.73 Å². The maximum absolute atomic E-state index is 6.09. The summed E-state index contributed by atoms with van der Waals surface area (Å²) in [7, 11) is 0. The second kappa shape index (κ2) is 3.12. The highest BCUT2D eigenvalue weighted by atomic mass is 32.1. The molecule has 15 heavy (non-hydrogen) atoms. The number of aromatic nitrogens is 2. The van der Waals surface area contributed by atoms with E-state index in [1.54, 1.807) is 17.5 Å². The van der Waals surface area contributed by atoms with Crippen molar-refractivity contribution in [2.45, 2.75) is 18.4 Å². The van der Waals surface area contributed by atoms with Crippen molar-refractivity contribution in [1.29, 1.82) is 0 Å². The molecule has 0 aliphatic heterocycles. The molecule has 2 aromatic heterocycles. The minimum atomic E-state index is -0.128. The van der Waals surface area contributed by atoms with Crippen molar-refractivity contribution in [3.05, 3.63) is 35.6 Å². The Balaban J connectivity index is 1.97. The number of thiazole rings is 1. The molecule has 2 aromatic rings. The summed E-state index contributed by atoms with van der Waals surface area (Å²) in [4.78, 5) is 8.65. The Morgan fingerprint density at radius 3 is 2.93 bits per heavy atom. The summed E-state index contributed by atoms with van der Waals surface area (Å²) in [5.74, 6) is 0. The summed E-state index contributed by atoms with van der Waals surface area (Å²) in [6, 6.07) is 3.94. The lowest BCUT2D eigenvalue weighted by Crippen LogP contribution is -2.18. The smallest absolute Gasteiger partial charge is 0.125 e. The Hall–Kier alpha value is -1.26. The van der Waals surface area contributed by atoms with E-state index in [2.05, 4.69) is 15.3 Å². The first-order chi connectivity index (χ1) is 7.28. The van der Waals surface area contributed by atoms with Gasteiger partial charge in [-0.15, -0.1) is 11.3 Å². The number of nitrogens with zero attached hydrogens (tertiary/aromatic N) is 2. The van der Waals surface area contributed by atoms with Crippen LogP contribution in [-0.4, -0.2) is 9.97 Å². The van der Waals surface area contributed by atoms with Gasteiger partial charge in [-0.3, -0.25) is 4.98 Å². The topological polar surface area (TPSA) is 51.8 Å². The molecule has 3 nitrogen and oxygen atoms in total. The number of nitrogens with two attached hydrogens (primary N) is 1. The molecule has 1 aliphatic rings. The fourth-order valence-corrected chi connectivity index (χ4v) is 2.43. The van der Waals surface area contributed by atoms with Gasteiger partial charge in [0.1, 0.15) is 5.01 Å². The molecule has 0 spiro atoms. The number of pyridine rings is 1. The Kier molecular flexibility index (Phi) is 1.87. The van der Waals surface area contributed by atoms with Crippen LogP contribution in [0, 0.1) is 0 Å². The van der Waals surface area contributed by atoms with Crippen molar-refractivity contribution in [2.75, 3.05) is 0 Å². The second-order valence-corrected chi connectivity index (χ2v) is 4.79. The Morgan fingerprint density at radius 1 is 1.40 bits per heavy atom. The molecule has 2 heterocycles. The van der Waals surface area contributed by atoms with E-state index in [1.807, 2.05) is 18.3 Å². The Labute approximate surface area is 92.0 Å². The zero-order valence-electron chi connectivity index (χ0n) is 8.18.